The molecule has 3 aromatic rings. The van der Waals surface area contributed by atoms with Crippen molar-refractivity contribution in [2.45, 2.75) is 6.67 Å². The normalized spacial score (nSPS) is 16.9. The van der Waals surface area contributed by atoms with Crippen molar-refractivity contribution in [3.05, 3.63) is 76.1 Å². The van der Waals surface area contributed by atoms with E-state index in [0.29, 0.717) is 38.4 Å². The van der Waals surface area contributed by atoms with Gasteiger partial charge >= 0.3 is 5.76 Å². The van der Waals surface area contributed by atoms with Gasteiger partial charge in [0.15, 0.2) is 5.58 Å². The fourth-order valence-electron chi connectivity index (χ4n) is 3.29. The zero-order valence-electron chi connectivity index (χ0n) is 15.3. The number of fused-ring (bicyclic) bond motifs is 1. The van der Waals surface area contributed by atoms with Crippen LogP contribution in [0.2, 0.25) is 0 Å². The predicted octanol–water partition coefficient (Wildman–Crippen LogP) is 2.17. The molecule has 0 aliphatic carbocycles. The summed E-state index contributed by atoms with van der Waals surface area (Å²) in [4.78, 5) is 14.2. The minimum absolute atomic E-state index is 0.379. The molecule has 0 N–H and O–H groups in total. The first kappa shape index (κ1) is 18.7. The van der Waals surface area contributed by atoms with E-state index in [1.165, 1.54) is 9.71 Å². The Kier molecular flexibility index (Phi) is 5.17. The van der Waals surface area contributed by atoms with Crippen LogP contribution in [0.3, 0.4) is 0 Å². The first-order valence-electron chi connectivity index (χ1n) is 9.07. The van der Waals surface area contributed by atoms with Gasteiger partial charge in [0.2, 0.25) is 10.0 Å². The van der Waals surface area contributed by atoms with Crippen molar-refractivity contribution < 1.29 is 12.8 Å². The summed E-state index contributed by atoms with van der Waals surface area (Å²) in [6, 6.07) is 16.6. The van der Waals surface area contributed by atoms with Crippen LogP contribution in [-0.2, 0) is 16.7 Å². The number of benzene rings is 2. The molecule has 4 rings (SSSR count). The van der Waals surface area contributed by atoms with Gasteiger partial charge in [0.1, 0.15) is 0 Å². The molecule has 2 heterocycles. The Morgan fingerprint density at radius 3 is 2.36 bits per heavy atom. The highest BCUT2D eigenvalue weighted by molar-refractivity contribution is 7.92. The van der Waals surface area contributed by atoms with Crippen molar-refractivity contribution in [2.24, 2.45) is 0 Å². The van der Waals surface area contributed by atoms with Gasteiger partial charge in [0, 0.05) is 31.6 Å². The lowest BCUT2D eigenvalue weighted by atomic mass is 10.2. The molecule has 0 bridgehead atoms. The fourth-order valence-corrected chi connectivity index (χ4v) is 4.46. The number of sulfonamides is 1. The molecule has 2 aromatic carbocycles. The van der Waals surface area contributed by atoms with Gasteiger partial charge in [-0.2, -0.15) is 4.31 Å². The zero-order valence-corrected chi connectivity index (χ0v) is 16.1. The summed E-state index contributed by atoms with van der Waals surface area (Å²) in [5, 5.41) is 1.26. The van der Waals surface area contributed by atoms with E-state index in [-0.39, 0.29) is 0 Å². The summed E-state index contributed by atoms with van der Waals surface area (Å²) in [6.07, 6.45) is 1.61. The lowest BCUT2D eigenvalue weighted by molar-refractivity contribution is 0.151. The molecule has 0 saturated carbocycles. The van der Waals surface area contributed by atoms with E-state index in [1.54, 1.807) is 16.7 Å². The second-order valence-corrected chi connectivity index (χ2v) is 8.50. The number of nitrogens with zero attached hydrogens (tertiary/aromatic N) is 3. The van der Waals surface area contributed by atoms with Crippen LogP contribution in [0.25, 0.3) is 17.2 Å². The molecule has 146 valence electrons. The maximum absolute atomic E-state index is 12.6. The van der Waals surface area contributed by atoms with Gasteiger partial charge in [0.05, 0.1) is 12.2 Å². The van der Waals surface area contributed by atoms with Crippen molar-refractivity contribution in [3.8, 4) is 0 Å². The number of hydrogen-bond donors (Lipinski definition) is 0. The van der Waals surface area contributed by atoms with Crippen molar-refractivity contribution in [3.63, 3.8) is 0 Å². The van der Waals surface area contributed by atoms with Crippen molar-refractivity contribution in [2.75, 3.05) is 26.2 Å². The average molecular weight is 399 g/mol. The fraction of sp³-hybridized carbons (Fsp3) is 0.250. The van der Waals surface area contributed by atoms with Crippen LogP contribution in [0.15, 0.2) is 69.2 Å². The molecule has 0 radical (unpaired) electrons. The van der Waals surface area contributed by atoms with Crippen LogP contribution in [0.5, 0.6) is 0 Å². The molecule has 1 saturated heterocycles. The molecule has 0 atom stereocenters. The topological polar surface area (TPSA) is 75.8 Å². The highest BCUT2D eigenvalue weighted by Gasteiger charge is 2.25. The van der Waals surface area contributed by atoms with Crippen LogP contribution in [0.4, 0.5) is 0 Å². The molecule has 1 aliphatic rings. The SMILES string of the molecule is O=c1oc2ccccc2n1CN1CCN(S(=O)(=O)C=Cc2ccccc2)CC1. The molecular formula is C20H21N3O4S. The van der Waals surface area contributed by atoms with Crippen LogP contribution >= 0.6 is 0 Å². The first-order chi connectivity index (χ1) is 13.5. The number of hydrogen-bond acceptors (Lipinski definition) is 5. The second kappa shape index (κ2) is 7.75. The second-order valence-electron chi connectivity index (χ2n) is 6.68. The Morgan fingerprint density at radius 1 is 0.929 bits per heavy atom. The smallest absolute Gasteiger partial charge is 0.408 e. The third-order valence-corrected chi connectivity index (χ3v) is 6.40. The molecule has 1 aromatic heterocycles. The summed E-state index contributed by atoms with van der Waals surface area (Å²) in [6.45, 7) is 2.23. The Labute approximate surface area is 163 Å². The Hall–Kier alpha value is -2.68. The summed E-state index contributed by atoms with van der Waals surface area (Å²) < 4.78 is 33.4. The van der Waals surface area contributed by atoms with Crippen molar-refractivity contribution in [1.82, 2.24) is 13.8 Å². The monoisotopic (exact) mass is 399 g/mol. The van der Waals surface area contributed by atoms with E-state index < -0.39 is 15.8 Å². The molecule has 8 heteroatoms. The van der Waals surface area contributed by atoms with Crippen molar-refractivity contribution >= 4 is 27.2 Å². The van der Waals surface area contributed by atoms with Gasteiger partial charge in [-0.25, -0.2) is 13.2 Å². The number of para-hydroxylation sites is 2. The van der Waals surface area contributed by atoms with Crippen LogP contribution in [0, 0.1) is 0 Å². The zero-order chi connectivity index (χ0) is 19.6. The maximum Gasteiger partial charge on any atom is 0.421 e. The summed E-state index contributed by atoms with van der Waals surface area (Å²) in [7, 11) is -3.47. The molecule has 28 heavy (non-hydrogen) atoms. The van der Waals surface area contributed by atoms with Gasteiger partial charge < -0.3 is 4.42 Å². The number of rotatable bonds is 5. The molecule has 1 fully saturated rings. The number of piperazine rings is 1. The summed E-state index contributed by atoms with van der Waals surface area (Å²) in [5.74, 6) is -0.401. The van der Waals surface area contributed by atoms with Gasteiger partial charge in [-0.3, -0.25) is 9.47 Å². The van der Waals surface area contributed by atoms with E-state index in [4.69, 9.17) is 4.42 Å². The molecule has 0 spiro atoms. The maximum atomic E-state index is 12.6. The molecule has 7 nitrogen and oxygen atoms in total. The standard InChI is InChI=1S/C20H21N3O4S/c24-20-23(18-8-4-5-9-19(18)27-20)16-21-11-13-22(14-12-21)28(25,26)15-10-17-6-2-1-3-7-17/h1-10,15H,11-14,16H2. The van der Waals surface area contributed by atoms with E-state index in [1.807, 2.05) is 48.5 Å². The first-order valence-corrected chi connectivity index (χ1v) is 10.6. The summed E-state index contributed by atoms with van der Waals surface area (Å²) >= 11 is 0. The van der Waals surface area contributed by atoms with E-state index in [9.17, 15) is 13.2 Å². The van der Waals surface area contributed by atoms with Gasteiger partial charge in [-0.05, 0) is 23.8 Å². The van der Waals surface area contributed by atoms with Gasteiger partial charge in [-0.1, -0.05) is 42.5 Å². The lowest BCUT2D eigenvalue weighted by Gasteiger charge is -2.33. The van der Waals surface area contributed by atoms with E-state index >= 15 is 0 Å². The molecule has 0 unspecified atom stereocenters. The largest absolute Gasteiger partial charge is 0.421 e. The number of oxazole rings is 1. The molecule has 1 aliphatic heterocycles. The average Bonchev–Trinajstić information content (AvgIpc) is 3.03. The lowest BCUT2D eigenvalue weighted by Crippen LogP contribution is -2.48. The highest BCUT2D eigenvalue weighted by atomic mass is 32.2. The minimum Gasteiger partial charge on any atom is -0.408 e. The van der Waals surface area contributed by atoms with Crippen LogP contribution in [0.1, 0.15) is 5.56 Å². The van der Waals surface area contributed by atoms with Gasteiger partial charge in [0.25, 0.3) is 0 Å². The molecular weight excluding hydrogens is 378 g/mol. The third-order valence-electron chi connectivity index (χ3n) is 4.84. The van der Waals surface area contributed by atoms with Crippen LogP contribution in [-0.4, -0.2) is 48.4 Å². The van der Waals surface area contributed by atoms with Gasteiger partial charge in [-0.15, -0.1) is 0 Å². The highest BCUT2D eigenvalue weighted by Crippen LogP contribution is 2.15. The van der Waals surface area contributed by atoms with E-state index in [0.717, 1.165) is 11.1 Å². The quantitative estimate of drug-likeness (QED) is 0.657. The number of aromatic nitrogens is 1. The van der Waals surface area contributed by atoms with E-state index in [2.05, 4.69) is 4.90 Å². The Morgan fingerprint density at radius 2 is 1.61 bits per heavy atom. The molecule has 0 amide bonds. The summed E-state index contributed by atoms with van der Waals surface area (Å²) in [5.41, 5.74) is 2.14. The minimum atomic E-state index is -3.47. The van der Waals surface area contributed by atoms with Crippen LogP contribution < -0.4 is 5.76 Å². The Balaban J connectivity index is 1.41. The predicted molar refractivity (Wildman–Crippen MR) is 108 cm³/mol. The third kappa shape index (κ3) is 3.94. The van der Waals surface area contributed by atoms with Crippen molar-refractivity contribution in [1.29, 1.82) is 0 Å². The Bertz CT molecular complexity index is 1140.